The van der Waals surface area contributed by atoms with Gasteiger partial charge in [-0.1, -0.05) is 45.1 Å². The second kappa shape index (κ2) is 5.83. The van der Waals surface area contributed by atoms with Gasteiger partial charge in [-0.2, -0.15) is 18.3 Å². The largest absolute Gasteiger partial charge is 0.435 e. The summed E-state index contributed by atoms with van der Waals surface area (Å²) in [5.74, 6) is 0.312. The number of anilines is 1. The number of hydrogen-bond donors (Lipinski definition) is 1. The first kappa shape index (κ1) is 17.9. The number of fused-ring (bicyclic) bond motifs is 1. The van der Waals surface area contributed by atoms with Crippen LogP contribution < -0.4 is 5.32 Å². The Morgan fingerprint density at radius 3 is 2.68 bits per heavy atom. The minimum absolute atomic E-state index is 0.0331. The number of halogens is 3. The summed E-state index contributed by atoms with van der Waals surface area (Å²) in [5, 5.41) is 6.55. The maximum Gasteiger partial charge on any atom is 0.435 e. The highest BCUT2D eigenvalue weighted by Gasteiger charge is 2.39. The van der Waals surface area contributed by atoms with E-state index in [-0.39, 0.29) is 16.0 Å². The van der Waals surface area contributed by atoms with Crippen LogP contribution in [0.5, 0.6) is 0 Å². The van der Waals surface area contributed by atoms with E-state index in [1.54, 1.807) is 0 Å². The normalized spacial score (nSPS) is 18.9. The lowest BCUT2D eigenvalue weighted by Gasteiger charge is -2.19. The first-order valence-electron chi connectivity index (χ1n) is 8.06. The third kappa shape index (κ3) is 3.17. The van der Waals surface area contributed by atoms with E-state index >= 15 is 0 Å². The molecule has 0 spiro atoms. The minimum atomic E-state index is -4.55. The Labute approximate surface area is 150 Å². The predicted molar refractivity (Wildman–Crippen MR) is 96.0 cm³/mol. The second-order valence-corrected chi connectivity index (χ2v) is 7.68. The Morgan fingerprint density at radius 1 is 1.36 bits per heavy atom. The Bertz CT molecular complexity index is 837. The van der Waals surface area contributed by atoms with Gasteiger partial charge in [0.25, 0.3) is 0 Å². The van der Waals surface area contributed by atoms with Crippen molar-refractivity contribution in [2.24, 2.45) is 7.05 Å². The number of alkyl halides is 3. The van der Waals surface area contributed by atoms with Gasteiger partial charge in [-0.05, 0) is 34.9 Å². The lowest BCUT2D eigenvalue weighted by atomic mass is 9.86. The molecule has 0 saturated heterocycles. The molecule has 0 aliphatic heterocycles. The number of benzene rings is 1. The summed E-state index contributed by atoms with van der Waals surface area (Å²) in [6.45, 7) is 6.49. The van der Waals surface area contributed by atoms with Crippen LogP contribution in [0.2, 0.25) is 0 Å². The molecule has 1 aliphatic rings. The fourth-order valence-corrected chi connectivity index (χ4v) is 4.09. The molecule has 3 rings (SSSR count). The minimum Gasteiger partial charge on any atom is -0.346 e. The fourth-order valence-electron chi connectivity index (χ4n) is 3.83. The molecule has 1 heterocycles. The third-order valence-corrected chi connectivity index (χ3v) is 5.06. The number of thiocarbonyl (C=S) groups is 1. The molecule has 0 bridgehead atoms. The molecule has 0 radical (unpaired) electrons. The van der Waals surface area contributed by atoms with Crippen molar-refractivity contribution < 1.29 is 13.2 Å². The monoisotopic (exact) mass is 367 g/mol. The summed E-state index contributed by atoms with van der Waals surface area (Å²) in [5.41, 5.74) is 2.10. The topological polar surface area (TPSA) is 29.9 Å². The van der Waals surface area contributed by atoms with E-state index in [4.69, 9.17) is 12.2 Å². The van der Waals surface area contributed by atoms with Crippen LogP contribution in [0.25, 0.3) is 0 Å². The molecule has 3 nitrogen and oxygen atoms in total. The van der Waals surface area contributed by atoms with E-state index in [1.165, 1.54) is 18.8 Å². The molecular weight excluding hydrogens is 347 g/mol. The van der Waals surface area contributed by atoms with Crippen molar-refractivity contribution in [2.75, 3.05) is 5.32 Å². The number of aromatic nitrogens is 2. The Morgan fingerprint density at radius 2 is 2.04 bits per heavy atom. The highest BCUT2D eigenvalue weighted by atomic mass is 32.1. The molecular formula is C18H20F3N3S. The van der Waals surface area contributed by atoms with E-state index in [9.17, 15) is 13.2 Å². The number of hydrogen-bond acceptors (Lipinski definition) is 2. The summed E-state index contributed by atoms with van der Waals surface area (Å²) in [7, 11) is 1.45. The molecule has 1 atom stereocenters. The van der Waals surface area contributed by atoms with Crippen LogP contribution in [-0.2, 0) is 18.6 Å². The maximum absolute atomic E-state index is 13.2. The van der Waals surface area contributed by atoms with Gasteiger partial charge in [-0.25, -0.2) is 0 Å². The van der Waals surface area contributed by atoms with Crippen molar-refractivity contribution in [3.05, 3.63) is 46.8 Å². The van der Waals surface area contributed by atoms with Gasteiger partial charge < -0.3 is 5.32 Å². The van der Waals surface area contributed by atoms with Gasteiger partial charge in [0.2, 0.25) is 0 Å². The van der Waals surface area contributed by atoms with Crippen LogP contribution >= 0.6 is 12.2 Å². The molecule has 134 valence electrons. The molecule has 7 heteroatoms. The van der Waals surface area contributed by atoms with Crippen molar-refractivity contribution >= 4 is 22.9 Å². The second-order valence-electron chi connectivity index (χ2n) is 7.27. The van der Waals surface area contributed by atoms with Crippen molar-refractivity contribution in [3.8, 4) is 0 Å². The predicted octanol–water partition coefficient (Wildman–Crippen LogP) is 5.01. The SMILES string of the molecule is CC1CC(C)(C)c2cccc(NC(=S)c3cn(C)nc3C(F)(F)F)c21. The van der Waals surface area contributed by atoms with E-state index in [0.717, 1.165) is 22.4 Å². The average molecular weight is 367 g/mol. The summed E-state index contributed by atoms with van der Waals surface area (Å²) >= 11 is 5.27. The summed E-state index contributed by atoms with van der Waals surface area (Å²) < 4.78 is 40.7. The number of nitrogens with one attached hydrogen (secondary N) is 1. The Hall–Kier alpha value is -1.89. The van der Waals surface area contributed by atoms with Crippen LogP contribution in [0.15, 0.2) is 24.4 Å². The molecule has 0 fully saturated rings. The van der Waals surface area contributed by atoms with Crippen LogP contribution in [0.1, 0.15) is 55.5 Å². The van der Waals surface area contributed by atoms with Crippen molar-refractivity contribution in [2.45, 2.75) is 44.7 Å². The van der Waals surface area contributed by atoms with Gasteiger partial charge in [0.05, 0.1) is 5.56 Å². The van der Waals surface area contributed by atoms with Crippen molar-refractivity contribution in [1.82, 2.24) is 9.78 Å². The fraction of sp³-hybridized carbons (Fsp3) is 0.444. The third-order valence-electron chi connectivity index (χ3n) is 4.73. The molecule has 25 heavy (non-hydrogen) atoms. The van der Waals surface area contributed by atoms with Gasteiger partial charge in [0.1, 0.15) is 4.99 Å². The summed E-state index contributed by atoms with van der Waals surface area (Å²) in [6.07, 6.45) is -2.25. The lowest BCUT2D eigenvalue weighted by molar-refractivity contribution is -0.141. The van der Waals surface area contributed by atoms with Gasteiger partial charge >= 0.3 is 6.18 Å². The summed E-state index contributed by atoms with van der Waals surface area (Å²) in [4.78, 5) is 0.0331. The molecule has 0 amide bonds. The van der Waals surface area contributed by atoms with E-state index in [2.05, 4.69) is 37.3 Å². The van der Waals surface area contributed by atoms with Gasteiger partial charge in [0, 0.05) is 18.9 Å². The number of aryl methyl sites for hydroxylation is 1. The van der Waals surface area contributed by atoms with Crippen molar-refractivity contribution in [3.63, 3.8) is 0 Å². The van der Waals surface area contributed by atoms with Crippen LogP contribution in [0, 0.1) is 0 Å². The van der Waals surface area contributed by atoms with Crippen LogP contribution in [0.3, 0.4) is 0 Å². The molecule has 1 aromatic carbocycles. The average Bonchev–Trinajstić information content (AvgIpc) is 2.98. The van der Waals surface area contributed by atoms with Crippen LogP contribution in [0.4, 0.5) is 18.9 Å². The quantitative estimate of drug-likeness (QED) is 0.757. The zero-order valence-electron chi connectivity index (χ0n) is 14.5. The van der Waals surface area contributed by atoms with Gasteiger partial charge in [-0.15, -0.1) is 0 Å². The van der Waals surface area contributed by atoms with Gasteiger partial charge in [0.15, 0.2) is 5.69 Å². The highest BCUT2D eigenvalue weighted by Crippen LogP contribution is 2.48. The number of nitrogens with zero attached hydrogens (tertiary/aromatic N) is 2. The lowest BCUT2D eigenvalue weighted by Crippen LogP contribution is -2.18. The molecule has 1 aliphatic carbocycles. The molecule has 1 aromatic heterocycles. The zero-order valence-corrected chi connectivity index (χ0v) is 15.3. The molecule has 2 aromatic rings. The highest BCUT2D eigenvalue weighted by molar-refractivity contribution is 7.81. The number of rotatable bonds is 2. The zero-order chi connectivity index (χ0) is 18.6. The smallest absolute Gasteiger partial charge is 0.346 e. The maximum atomic E-state index is 13.2. The molecule has 1 N–H and O–H groups in total. The molecule has 1 unspecified atom stereocenters. The van der Waals surface area contributed by atoms with E-state index in [1.807, 2.05) is 12.1 Å². The first-order valence-corrected chi connectivity index (χ1v) is 8.47. The van der Waals surface area contributed by atoms with E-state index in [0.29, 0.717) is 5.92 Å². The molecule has 0 saturated carbocycles. The summed E-state index contributed by atoms with van der Waals surface area (Å²) in [6, 6.07) is 5.86. The van der Waals surface area contributed by atoms with Crippen LogP contribution in [-0.4, -0.2) is 14.8 Å². The Kier molecular flexibility index (Phi) is 4.18. The first-order chi connectivity index (χ1) is 11.5. The Balaban J connectivity index is 1.98. The van der Waals surface area contributed by atoms with Gasteiger partial charge in [-0.3, -0.25) is 4.68 Å². The van der Waals surface area contributed by atoms with E-state index < -0.39 is 11.9 Å². The standard InChI is InChI=1S/C18H20F3N3S/c1-10-8-17(2,3)12-6-5-7-13(14(10)12)22-16(25)11-9-24(4)23-15(11)18(19,20)21/h5-7,9-10H,8H2,1-4H3,(H,22,25). The van der Waals surface area contributed by atoms with Crippen molar-refractivity contribution in [1.29, 1.82) is 0 Å².